The Hall–Kier alpha value is -2.34. The van der Waals surface area contributed by atoms with Gasteiger partial charge >= 0.3 is 0 Å². The summed E-state index contributed by atoms with van der Waals surface area (Å²) in [6, 6.07) is 13.3. The molecule has 0 aromatic heterocycles. The van der Waals surface area contributed by atoms with Gasteiger partial charge in [-0.05, 0) is 49.4 Å². The third kappa shape index (κ3) is 5.35. The highest BCUT2D eigenvalue weighted by atomic mass is 32.2. The first-order valence-electron chi connectivity index (χ1n) is 9.59. The lowest BCUT2D eigenvalue weighted by Gasteiger charge is -2.26. The van der Waals surface area contributed by atoms with Crippen LogP contribution in [0.2, 0.25) is 0 Å². The summed E-state index contributed by atoms with van der Waals surface area (Å²) in [5.74, 6) is -0.317. The van der Waals surface area contributed by atoms with Crippen LogP contribution in [0.25, 0.3) is 0 Å². The van der Waals surface area contributed by atoms with Gasteiger partial charge in [0.15, 0.2) is 0 Å². The van der Waals surface area contributed by atoms with Gasteiger partial charge in [-0.25, -0.2) is 8.42 Å². The van der Waals surface area contributed by atoms with Crippen LogP contribution in [0, 0.1) is 13.8 Å². The van der Waals surface area contributed by atoms with Crippen molar-refractivity contribution in [1.29, 1.82) is 0 Å². The molecule has 6 heteroatoms. The number of hydrogen-bond acceptors (Lipinski definition) is 3. The average Bonchev–Trinajstić information content (AvgIpc) is 2.63. The van der Waals surface area contributed by atoms with Gasteiger partial charge in [-0.15, -0.1) is 0 Å². The zero-order valence-corrected chi connectivity index (χ0v) is 18.1. The number of carbonyl (C=O) groups is 1. The summed E-state index contributed by atoms with van der Waals surface area (Å²) in [6.45, 7) is 7.79. The molecule has 5 nitrogen and oxygen atoms in total. The lowest BCUT2D eigenvalue weighted by molar-refractivity contribution is -0.120. The Kier molecular flexibility index (Phi) is 7.24. The number of hydrogen-bond donors (Lipinski definition) is 1. The predicted octanol–water partition coefficient (Wildman–Crippen LogP) is 3.90. The molecule has 0 radical (unpaired) electrons. The summed E-state index contributed by atoms with van der Waals surface area (Å²) < 4.78 is 26.0. The highest BCUT2D eigenvalue weighted by Crippen LogP contribution is 2.24. The molecule has 1 amide bonds. The molecule has 0 aliphatic rings. The first kappa shape index (κ1) is 22.0. The Balaban J connectivity index is 2.26. The quantitative estimate of drug-likeness (QED) is 0.728. The van der Waals surface area contributed by atoms with Crippen molar-refractivity contribution in [1.82, 2.24) is 5.32 Å². The number of sulfonamides is 1. The highest BCUT2D eigenvalue weighted by molar-refractivity contribution is 7.92. The molecule has 0 saturated carbocycles. The minimum Gasteiger partial charge on any atom is -0.348 e. The molecule has 28 heavy (non-hydrogen) atoms. The predicted molar refractivity (Wildman–Crippen MR) is 115 cm³/mol. The van der Waals surface area contributed by atoms with E-state index >= 15 is 0 Å². The number of carbonyl (C=O) groups excluding carboxylic acids is 1. The SMILES string of the molecule is CCc1ccccc1N(CC(=O)NC(CC)c1ccc(C)cc1C)S(C)(=O)=O. The van der Waals surface area contributed by atoms with E-state index < -0.39 is 10.0 Å². The minimum absolute atomic E-state index is 0.157. The van der Waals surface area contributed by atoms with Gasteiger partial charge in [0, 0.05) is 0 Å². The fraction of sp³-hybridized carbons (Fsp3) is 0.409. The summed E-state index contributed by atoms with van der Waals surface area (Å²) in [5, 5.41) is 3.01. The van der Waals surface area contributed by atoms with Crippen LogP contribution in [0.3, 0.4) is 0 Å². The Labute approximate surface area is 168 Å². The van der Waals surface area contributed by atoms with E-state index in [1.165, 1.54) is 9.87 Å². The maximum Gasteiger partial charge on any atom is 0.241 e. The summed E-state index contributed by atoms with van der Waals surface area (Å²) >= 11 is 0. The molecule has 0 saturated heterocycles. The second-order valence-corrected chi connectivity index (χ2v) is 9.05. The van der Waals surface area contributed by atoms with Crippen molar-refractivity contribution in [3.63, 3.8) is 0 Å². The number of nitrogens with one attached hydrogen (secondary N) is 1. The van der Waals surface area contributed by atoms with Crippen LogP contribution < -0.4 is 9.62 Å². The summed E-state index contributed by atoms with van der Waals surface area (Å²) in [4.78, 5) is 12.8. The van der Waals surface area contributed by atoms with E-state index in [-0.39, 0.29) is 18.5 Å². The van der Waals surface area contributed by atoms with Gasteiger partial charge in [-0.1, -0.05) is 55.8 Å². The number of para-hydroxylation sites is 1. The lowest BCUT2D eigenvalue weighted by atomic mass is 9.97. The highest BCUT2D eigenvalue weighted by Gasteiger charge is 2.24. The van der Waals surface area contributed by atoms with Crippen molar-refractivity contribution < 1.29 is 13.2 Å². The molecule has 0 spiro atoms. The van der Waals surface area contributed by atoms with Crippen molar-refractivity contribution in [3.05, 3.63) is 64.7 Å². The number of amides is 1. The van der Waals surface area contributed by atoms with Crippen LogP contribution in [0.1, 0.15) is 48.6 Å². The maximum absolute atomic E-state index is 12.8. The van der Waals surface area contributed by atoms with Gasteiger partial charge in [0.25, 0.3) is 0 Å². The standard InChI is InChI=1S/C22H30N2O3S/c1-6-18-10-8-9-11-21(18)24(28(5,26)27)15-22(25)23-20(7-2)19-13-12-16(3)14-17(19)4/h8-14,20H,6-7,15H2,1-5H3,(H,23,25). The molecule has 2 aromatic rings. The third-order valence-corrected chi connectivity index (χ3v) is 6.00. The van der Waals surface area contributed by atoms with Crippen molar-refractivity contribution in [2.45, 2.75) is 46.6 Å². The van der Waals surface area contributed by atoms with Gasteiger partial charge in [0.05, 0.1) is 18.0 Å². The molecular weight excluding hydrogens is 372 g/mol. The van der Waals surface area contributed by atoms with E-state index in [9.17, 15) is 13.2 Å². The average molecular weight is 403 g/mol. The smallest absolute Gasteiger partial charge is 0.241 e. The van der Waals surface area contributed by atoms with E-state index in [0.717, 1.165) is 29.4 Å². The molecule has 0 heterocycles. The van der Waals surface area contributed by atoms with Crippen LogP contribution in [0.4, 0.5) is 5.69 Å². The second kappa shape index (κ2) is 9.24. The molecule has 1 atom stereocenters. The maximum atomic E-state index is 12.8. The van der Waals surface area contributed by atoms with E-state index in [1.807, 2.05) is 52.0 Å². The van der Waals surface area contributed by atoms with Crippen molar-refractivity contribution in [2.24, 2.45) is 0 Å². The normalized spacial score (nSPS) is 12.5. The lowest BCUT2D eigenvalue weighted by Crippen LogP contribution is -2.42. The molecule has 1 unspecified atom stereocenters. The van der Waals surface area contributed by atoms with Crippen LogP contribution >= 0.6 is 0 Å². The van der Waals surface area contributed by atoms with Crippen molar-refractivity contribution in [2.75, 3.05) is 17.1 Å². The van der Waals surface area contributed by atoms with Crippen molar-refractivity contribution >= 4 is 21.6 Å². The first-order valence-corrected chi connectivity index (χ1v) is 11.4. The molecule has 1 N–H and O–H groups in total. The first-order chi connectivity index (χ1) is 13.2. The molecule has 2 aromatic carbocycles. The fourth-order valence-corrected chi connectivity index (χ4v) is 4.31. The monoisotopic (exact) mass is 402 g/mol. The van der Waals surface area contributed by atoms with E-state index in [1.54, 1.807) is 12.1 Å². The van der Waals surface area contributed by atoms with E-state index in [4.69, 9.17) is 0 Å². The molecule has 2 rings (SSSR count). The van der Waals surface area contributed by atoms with Gasteiger partial charge in [-0.2, -0.15) is 0 Å². The number of benzene rings is 2. The summed E-state index contributed by atoms with van der Waals surface area (Å²) in [7, 11) is -3.59. The topological polar surface area (TPSA) is 66.5 Å². The Morgan fingerprint density at radius 2 is 1.79 bits per heavy atom. The Bertz CT molecular complexity index is 939. The summed E-state index contributed by atoms with van der Waals surface area (Å²) in [5.41, 5.74) is 4.79. The number of anilines is 1. The fourth-order valence-electron chi connectivity index (χ4n) is 3.42. The Morgan fingerprint density at radius 3 is 2.36 bits per heavy atom. The van der Waals surface area contributed by atoms with Gasteiger partial charge in [0.2, 0.25) is 15.9 Å². The van der Waals surface area contributed by atoms with Gasteiger partial charge in [0.1, 0.15) is 6.54 Å². The minimum atomic E-state index is -3.59. The third-order valence-electron chi connectivity index (χ3n) is 4.87. The molecule has 0 aliphatic heterocycles. The molecule has 0 aliphatic carbocycles. The van der Waals surface area contributed by atoms with E-state index in [0.29, 0.717) is 12.1 Å². The largest absolute Gasteiger partial charge is 0.348 e. The molecule has 0 bridgehead atoms. The molecule has 152 valence electrons. The van der Waals surface area contributed by atoms with Crippen LogP contribution in [0.5, 0.6) is 0 Å². The second-order valence-electron chi connectivity index (χ2n) is 7.14. The zero-order valence-electron chi connectivity index (χ0n) is 17.3. The zero-order chi connectivity index (χ0) is 20.9. The van der Waals surface area contributed by atoms with Gasteiger partial charge < -0.3 is 5.32 Å². The molecule has 0 fully saturated rings. The van der Waals surface area contributed by atoms with Crippen molar-refractivity contribution in [3.8, 4) is 0 Å². The summed E-state index contributed by atoms with van der Waals surface area (Å²) in [6.07, 6.45) is 2.54. The van der Waals surface area contributed by atoms with Gasteiger partial charge in [-0.3, -0.25) is 9.10 Å². The molecular formula is C22H30N2O3S. The van der Waals surface area contributed by atoms with Crippen LogP contribution in [-0.4, -0.2) is 27.1 Å². The van der Waals surface area contributed by atoms with E-state index in [2.05, 4.69) is 11.4 Å². The Morgan fingerprint density at radius 1 is 1.11 bits per heavy atom. The number of aryl methyl sites for hydroxylation is 3. The number of rotatable bonds is 8. The van der Waals surface area contributed by atoms with Crippen LogP contribution in [-0.2, 0) is 21.2 Å². The van der Waals surface area contributed by atoms with Crippen LogP contribution in [0.15, 0.2) is 42.5 Å². The number of nitrogens with zero attached hydrogens (tertiary/aromatic N) is 1.